The van der Waals surface area contributed by atoms with Crippen LogP contribution in [0.5, 0.6) is 5.75 Å². The van der Waals surface area contributed by atoms with Gasteiger partial charge in [0.15, 0.2) is 6.10 Å². The van der Waals surface area contributed by atoms with Crippen LogP contribution in [0.3, 0.4) is 0 Å². The van der Waals surface area contributed by atoms with Crippen molar-refractivity contribution in [2.75, 3.05) is 13.1 Å². The summed E-state index contributed by atoms with van der Waals surface area (Å²) in [5.41, 5.74) is 0.716. The third-order valence-corrected chi connectivity index (χ3v) is 4.92. The van der Waals surface area contributed by atoms with Crippen molar-refractivity contribution >= 4 is 17.5 Å². The van der Waals surface area contributed by atoms with Crippen LogP contribution in [0.25, 0.3) is 0 Å². The summed E-state index contributed by atoms with van der Waals surface area (Å²) in [6, 6.07) is 7.90. The standard InChI is InChI=1S/C19H15ClF3N3O2/c1-11(19(21,22)23)28-15-5-4-12(7-24)17(20)16(15)18(27)26-9-14(10-26)13-3-2-6-25-8-13/h2-6,8,11,14H,9-10H2,1H3. The van der Waals surface area contributed by atoms with Crippen molar-refractivity contribution in [1.29, 1.82) is 5.26 Å². The number of alkyl halides is 3. The molecular formula is C19H15ClF3N3O2. The van der Waals surface area contributed by atoms with Gasteiger partial charge in [0.1, 0.15) is 17.4 Å². The van der Waals surface area contributed by atoms with Crippen LogP contribution in [-0.4, -0.2) is 41.2 Å². The Morgan fingerprint density at radius 2 is 2.11 bits per heavy atom. The lowest BCUT2D eigenvalue weighted by atomic mass is 9.92. The van der Waals surface area contributed by atoms with Crippen molar-refractivity contribution < 1.29 is 22.7 Å². The molecule has 1 fully saturated rings. The lowest BCUT2D eigenvalue weighted by Gasteiger charge is -2.39. The molecule has 0 aliphatic carbocycles. The number of hydrogen-bond acceptors (Lipinski definition) is 4. The fourth-order valence-corrected chi connectivity index (χ4v) is 3.11. The summed E-state index contributed by atoms with van der Waals surface area (Å²) in [6.45, 7) is 1.57. The predicted octanol–water partition coefficient (Wildman–Crippen LogP) is 4.18. The van der Waals surface area contributed by atoms with Gasteiger partial charge in [-0.25, -0.2) is 0 Å². The van der Waals surface area contributed by atoms with Crippen molar-refractivity contribution in [1.82, 2.24) is 9.88 Å². The van der Waals surface area contributed by atoms with Gasteiger partial charge < -0.3 is 9.64 Å². The van der Waals surface area contributed by atoms with Gasteiger partial charge in [-0.15, -0.1) is 0 Å². The number of aromatic nitrogens is 1. The first kappa shape index (κ1) is 20.0. The van der Waals surface area contributed by atoms with Gasteiger partial charge in [-0.05, 0) is 30.7 Å². The van der Waals surface area contributed by atoms with Crippen LogP contribution in [0.1, 0.15) is 34.3 Å². The number of rotatable bonds is 4. The van der Waals surface area contributed by atoms with Crippen molar-refractivity contribution in [2.24, 2.45) is 0 Å². The molecule has 1 aliphatic heterocycles. The number of likely N-dealkylation sites (tertiary alicyclic amines) is 1. The Hall–Kier alpha value is -2.79. The molecule has 1 aromatic heterocycles. The zero-order valence-corrected chi connectivity index (χ0v) is 15.5. The summed E-state index contributed by atoms with van der Waals surface area (Å²) in [4.78, 5) is 18.4. The summed E-state index contributed by atoms with van der Waals surface area (Å²) in [5.74, 6) is -0.802. The summed E-state index contributed by atoms with van der Waals surface area (Å²) < 4.78 is 43.6. The van der Waals surface area contributed by atoms with Gasteiger partial charge in [-0.1, -0.05) is 17.7 Å². The number of carbonyl (C=O) groups excluding carboxylic acids is 1. The normalized spacial score (nSPS) is 15.5. The molecule has 1 atom stereocenters. The number of nitrogens with zero attached hydrogens (tertiary/aromatic N) is 3. The predicted molar refractivity (Wildman–Crippen MR) is 95.2 cm³/mol. The van der Waals surface area contributed by atoms with Crippen molar-refractivity contribution in [3.05, 3.63) is 58.4 Å². The molecule has 1 aromatic carbocycles. The van der Waals surface area contributed by atoms with Crippen molar-refractivity contribution in [2.45, 2.75) is 25.1 Å². The zero-order chi connectivity index (χ0) is 20.5. The maximum atomic E-state index is 12.9. The fraction of sp³-hybridized carbons (Fsp3) is 0.316. The first-order valence-electron chi connectivity index (χ1n) is 8.37. The maximum absolute atomic E-state index is 12.9. The summed E-state index contributed by atoms with van der Waals surface area (Å²) in [6.07, 6.45) is -3.40. The van der Waals surface area contributed by atoms with E-state index in [0.717, 1.165) is 18.6 Å². The average Bonchev–Trinajstić information content (AvgIpc) is 2.60. The number of nitriles is 1. The van der Waals surface area contributed by atoms with E-state index in [2.05, 4.69) is 4.98 Å². The number of ether oxygens (including phenoxy) is 1. The molecule has 146 valence electrons. The van der Waals surface area contributed by atoms with Crippen LogP contribution < -0.4 is 4.74 Å². The van der Waals surface area contributed by atoms with E-state index in [1.807, 2.05) is 12.1 Å². The van der Waals surface area contributed by atoms with Gasteiger partial charge in [0, 0.05) is 31.4 Å². The SMILES string of the molecule is CC(Oc1ccc(C#N)c(Cl)c1C(=O)N1CC(c2cccnc2)C1)C(F)(F)F. The monoisotopic (exact) mass is 409 g/mol. The minimum atomic E-state index is -4.61. The van der Waals surface area contributed by atoms with Crippen LogP contribution >= 0.6 is 11.6 Å². The van der Waals surface area contributed by atoms with E-state index in [4.69, 9.17) is 21.6 Å². The van der Waals surface area contributed by atoms with Crippen LogP contribution in [0.4, 0.5) is 13.2 Å². The molecule has 0 saturated carbocycles. The fourth-order valence-electron chi connectivity index (χ4n) is 2.83. The number of halogens is 4. The zero-order valence-electron chi connectivity index (χ0n) is 14.7. The largest absolute Gasteiger partial charge is 0.480 e. The highest BCUT2D eigenvalue weighted by Crippen LogP contribution is 2.36. The molecule has 1 aliphatic rings. The van der Waals surface area contributed by atoms with Crippen LogP contribution in [0.15, 0.2) is 36.7 Å². The minimum absolute atomic E-state index is 0.0126. The van der Waals surface area contributed by atoms with Crippen LogP contribution in [-0.2, 0) is 0 Å². The van der Waals surface area contributed by atoms with Crippen molar-refractivity contribution in [3.63, 3.8) is 0 Å². The van der Waals surface area contributed by atoms with Gasteiger partial charge in [0.25, 0.3) is 5.91 Å². The Kier molecular flexibility index (Phi) is 5.47. The van der Waals surface area contributed by atoms with Gasteiger partial charge >= 0.3 is 6.18 Å². The second-order valence-corrected chi connectivity index (χ2v) is 6.79. The van der Waals surface area contributed by atoms with Crippen LogP contribution in [0.2, 0.25) is 5.02 Å². The van der Waals surface area contributed by atoms with E-state index in [-0.39, 0.29) is 27.8 Å². The number of hydrogen-bond donors (Lipinski definition) is 0. The highest BCUT2D eigenvalue weighted by molar-refractivity contribution is 6.35. The number of carbonyl (C=O) groups is 1. The summed E-state index contributed by atoms with van der Waals surface area (Å²) in [7, 11) is 0. The minimum Gasteiger partial charge on any atom is -0.480 e. The molecule has 28 heavy (non-hydrogen) atoms. The molecule has 2 aromatic rings. The molecule has 0 N–H and O–H groups in total. The molecule has 0 bridgehead atoms. The quantitative estimate of drug-likeness (QED) is 0.760. The van der Waals surface area contributed by atoms with Gasteiger partial charge in [0.2, 0.25) is 0 Å². The molecule has 1 amide bonds. The number of benzene rings is 1. The van der Waals surface area contributed by atoms with Gasteiger partial charge in [-0.2, -0.15) is 18.4 Å². The Morgan fingerprint density at radius 1 is 1.39 bits per heavy atom. The topological polar surface area (TPSA) is 66.2 Å². The van der Waals surface area contributed by atoms with E-state index in [1.165, 1.54) is 11.0 Å². The maximum Gasteiger partial charge on any atom is 0.425 e. The molecule has 1 unspecified atom stereocenters. The lowest BCUT2D eigenvalue weighted by molar-refractivity contribution is -0.189. The second kappa shape index (κ2) is 7.68. The van der Waals surface area contributed by atoms with E-state index in [9.17, 15) is 18.0 Å². The van der Waals surface area contributed by atoms with Gasteiger partial charge in [0.05, 0.1) is 10.6 Å². The summed E-state index contributed by atoms with van der Waals surface area (Å²) in [5, 5.41) is 8.92. The second-order valence-electron chi connectivity index (χ2n) is 6.41. The highest BCUT2D eigenvalue weighted by atomic mass is 35.5. The van der Waals surface area contributed by atoms with Gasteiger partial charge in [-0.3, -0.25) is 9.78 Å². The third kappa shape index (κ3) is 3.90. The molecule has 3 rings (SSSR count). The molecule has 9 heteroatoms. The Morgan fingerprint density at radius 3 is 2.68 bits per heavy atom. The first-order valence-corrected chi connectivity index (χ1v) is 8.75. The molecular weight excluding hydrogens is 395 g/mol. The van der Waals surface area contributed by atoms with Crippen LogP contribution in [0, 0.1) is 11.3 Å². The molecule has 5 nitrogen and oxygen atoms in total. The Balaban J connectivity index is 1.85. The number of amides is 1. The Bertz CT molecular complexity index is 923. The molecule has 1 saturated heterocycles. The molecule has 0 radical (unpaired) electrons. The van der Waals surface area contributed by atoms with E-state index < -0.39 is 18.2 Å². The van der Waals surface area contributed by atoms with E-state index in [0.29, 0.717) is 13.1 Å². The first-order chi connectivity index (χ1) is 13.2. The summed E-state index contributed by atoms with van der Waals surface area (Å²) >= 11 is 6.14. The van der Waals surface area contributed by atoms with E-state index in [1.54, 1.807) is 18.5 Å². The molecule has 0 spiro atoms. The van der Waals surface area contributed by atoms with Crippen molar-refractivity contribution in [3.8, 4) is 11.8 Å². The highest BCUT2D eigenvalue weighted by Gasteiger charge is 2.40. The molecule has 2 heterocycles. The number of pyridine rings is 1. The smallest absolute Gasteiger partial charge is 0.425 e. The average molecular weight is 410 g/mol. The van der Waals surface area contributed by atoms with E-state index >= 15 is 0 Å². The third-order valence-electron chi connectivity index (χ3n) is 4.53. The Labute approximate surface area is 164 Å². The lowest BCUT2D eigenvalue weighted by Crippen LogP contribution is -2.48.